The van der Waals surface area contributed by atoms with E-state index in [2.05, 4.69) is 0 Å². The van der Waals surface area contributed by atoms with Crippen molar-refractivity contribution in [2.75, 3.05) is 0 Å². The Kier molecular flexibility index (Phi) is 3.35. The number of carbonyl (C=O) groups is 1. The molecule has 0 saturated heterocycles. The number of furan rings is 1. The molecule has 1 aromatic heterocycles. The first kappa shape index (κ1) is 11.5. The standard InChI is InChI=1S/C12H9ClO4/c13-10-3-1-2-4-11(10)17-7-9-5-8(6-16-9)12(14)15/h1-6H,7H2,(H,14,15). The Labute approximate surface area is 102 Å². The summed E-state index contributed by atoms with van der Waals surface area (Å²) >= 11 is 5.90. The molecule has 0 radical (unpaired) electrons. The molecule has 0 aliphatic carbocycles. The molecule has 88 valence electrons. The van der Waals surface area contributed by atoms with E-state index in [9.17, 15) is 4.79 Å². The third kappa shape index (κ3) is 2.79. The van der Waals surface area contributed by atoms with Gasteiger partial charge in [-0.3, -0.25) is 0 Å². The smallest absolute Gasteiger partial charge is 0.338 e. The number of hydrogen-bond donors (Lipinski definition) is 1. The number of para-hydroxylation sites is 1. The fraction of sp³-hybridized carbons (Fsp3) is 0.0833. The summed E-state index contributed by atoms with van der Waals surface area (Å²) in [4.78, 5) is 10.6. The van der Waals surface area contributed by atoms with Crippen LogP contribution in [0.4, 0.5) is 0 Å². The van der Waals surface area contributed by atoms with Gasteiger partial charge in [0.25, 0.3) is 0 Å². The molecule has 17 heavy (non-hydrogen) atoms. The maximum atomic E-state index is 10.6. The van der Waals surface area contributed by atoms with E-state index in [0.717, 1.165) is 0 Å². The second-order valence-electron chi connectivity index (χ2n) is 3.33. The maximum Gasteiger partial charge on any atom is 0.338 e. The van der Waals surface area contributed by atoms with E-state index in [4.69, 9.17) is 25.9 Å². The van der Waals surface area contributed by atoms with Crippen LogP contribution in [0.1, 0.15) is 16.1 Å². The van der Waals surface area contributed by atoms with Gasteiger partial charge in [-0.05, 0) is 18.2 Å². The molecule has 2 rings (SSSR count). The molecule has 2 aromatic rings. The van der Waals surface area contributed by atoms with Crippen LogP contribution in [-0.4, -0.2) is 11.1 Å². The lowest BCUT2D eigenvalue weighted by Gasteiger charge is -2.05. The highest BCUT2D eigenvalue weighted by Crippen LogP contribution is 2.24. The number of carboxylic acid groups (broad SMARTS) is 1. The van der Waals surface area contributed by atoms with Crippen molar-refractivity contribution in [3.63, 3.8) is 0 Å². The third-order valence-electron chi connectivity index (χ3n) is 2.11. The Balaban J connectivity index is 2.02. The van der Waals surface area contributed by atoms with Crippen molar-refractivity contribution in [1.82, 2.24) is 0 Å². The summed E-state index contributed by atoms with van der Waals surface area (Å²) < 4.78 is 10.4. The van der Waals surface area contributed by atoms with E-state index in [0.29, 0.717) is 16.5 Å². The Bertz CT molecular complexity index is 533. The number of benzene rings is 1. The van der Waals surface area contributed by atoms with Gasteiger partial charge in [-0.1, -0.05) is 23.7 Å². The molecule has 0 aliphatic heterocycles. The first-order valence-electron chi connectivity index (χ1n) is 4.85. The van der Waals surface area contributed by atoms with Crippen LogP contribution >= 0.6 is 11.6 Å². The molecule has 1 heterocycles. The predicted octanol–water partition coefficient (Wildman–Crippen LogP) is 3.21. The molecule has 0 bridgehead atoms. The summed E-state index contributed by atoms with van der Waals surface area (Å²) in [5.41, 5.74) is 0.0998. The number of aromatic carboxylic acids is 1. The average Bonchev–Trinajstić information content (AvgIpc) is 2.77. The van der Waals surface area contributed by atoms with Gasteiger partial charge in [-0.25, -0.2) is 4.79 Å². The van der Waals surface area contributed by atoms with E-state index in [-0.39, 0.29) is 12.2 Å². The lowest BCUT2D eigenvalue weighted by atomic mass is 10.3. The molecule has 4 nitrogen and oxygen atoms in total. The molecule has 0 unspecified atom stereocenters. The fourth-order valence-electron chi connectivity index (χ4n) is 1.28. The van der Waals surface area contributed by atoms with E-state index in [1.165, 1.54) is 12.3 Å². The van der Waals surface area contributed by atoms with E-state index < -0.39 is 5.97 Å². The van der Waals surface area contributed by atoms with Crippen molar-refractivity contribution < 1.29 is 19.1 Å². The van der Waals surface area contributed by atoms with E-state index >= 15 is 0 Å². The van der Waals surface area contributed by atoms with Gasteiger partial charge in [0, 0.05) is 0 Å². The quantitative estimate of drug-likeness (QED) is 0.908. The lowest BCUT2D eigenvalue weighted by Crippen LogP contribution is -1.95. The van der Waals surface area contributed by atoms with Gasteiger partial charge >= 0.3 is 5.97 Å². The predicted molar refractivity (Wildman–Crippen MR) is 61.5 cm³/mol. The zero-order valence-electron chi connectivity index (χ0n) is 8.72. The first-order valence-corrected chi connectivity index (χ1v) is 5.22. The summed E-state index contributed by atoms with van der Waals surface area (Å²) in [6, 6.07) is 8.45. The SMILES string of the molecule is O=C(O)c1coc(COc2ccccc2Cl)c1. The van der Waals surface area contributed by atoms with Crippen molar-refractivity contribution in [3.8, 4) is 5.75 Å². The van der Waals surface area contributed by atoms with Crippen molar-refractivity contribution in [3.05, 3.63) is 52.9 Å². The van der Waals surface area contributed by atoms with Crippen LogP contribution in [-0.2, 0) is 6.61 Å². The van der Waals surface area contributed by atoms with Crippen molar-refractivity contribution >= 4 is 17.6 Å². The summed E-state index contributed by atoms with van der Waals surface area (Å²) in [7, 11) is 0. The first-order chi connectivity index (χ1) is 8.16. The minimum Gasteiger partial charge on any atom is -0.484 e. The Morgan fingerprint density at radius 1 is 1.41 bits per heavy atom. The number of ether oxygens (including phenoxy) is 1. The molecule has 1 N–H and O–H groups in total. The Hall–Kier alpha value is -1.94. The Morgan fingerprint density at radius 3 is 2.82 bits per heavy atom. The Morgan fingerprint density at radius 2 is 2.18 bits per heavy atom. The van der Waals surface area contributed by atoms with Crippen molar-refractivity contribution in [1.29, 1.82) is 0 Å². The summed E-state index contributed by atoms with van der Waals surface area (Å²) in [5, 5.41) is 9.20. The third-order valence-corrected chi connectivity index (χ3v) is 2.42. The van der Waals surface area contributed by atoms with Crippen LogP contribution < -0.4 is 4.74 Å². The number of carboxylic acids is 1. The van der Waals surface area contributed by atoms with Crippen molar-refractivity contribution in [2.45, 2.75) is 6.61 Å². The zero-order chi connectivity index (χ0) is 12.3. The fourth-order valence-corrected chi connectivity index (χ4v) is 1.47. The minimum absolute atomic E-state index is 0.0998. The van der Waals surface area contributed by atoms with Crippen molar-refractivity contribution in [2.24, 2.45) is 0 Å². The van der Waals surface area contributed by atoms with E-state index in [1.807, 2.05) is 0 Å². The highest BCUT2D eigenvalue weighted by Gasteiger charge is 2.09. The number of hydrogen-bond acceptors (Lipinski definition) is 3. The average molecular weight is 253 g/mol. The topological polar surface area (TPSA) is 59.7 Å². The highest BCUT2D eigenvalue weighted by molar-refractivity contribution is 6.32. The summed E-state index contributed by atoms with van der Waals surface area (Å²) in [6.45, 7) is 0.136. The minimum atomic E-state index is -1.03. The van der Waals surface area contributed by atoms with Gasteiger partial charge in [0.2, 0.25) is 0 Å². The summed E-state index contributed by atoms with van der Waals surface area (Å²) in [5.74, 6) is -0.0671. The molecular weight excluding hydrogens is 244 g/mol. The molecule has 0 spiro atoms. The van der Waals surface area contributed by atoms with Crippen LogP contribution in [0.2, 0.25) is 5.02 Å². The molecule has 1 aromatic carbocycles. The highest BCUT2D eigenvalue weighted by atomic mass is 35.5. The van der Waals surface area contributed by atoms with Gasteiger partial charge in [-0.2, -0.15) is 0 Å². The lowest BCUT2D eigenvalue weighted by molar-refractivity contribution is 0.0696. The number of rotatable bonds is 4. The second kappa shape index (κ2) is 4.93. The van der Waals surface area contributed by atoms with Gasteiger partial charge in [0.15, 0.2) is 0 Å². The second-order valence-corrected chi connectivity index (χ2v) is 3.73. The van der Waals surface area contributed by atoms with Crippen LogP contribution in [0, 0.1) is 0 Å². The van der Waals surface area contributed by atoms with Gasteiger partial charge in [-0.15, -0.1) is 0 Å². The maximum absolute atomic E-state index is 10.6. The molecule has 0 atom stereocenters. The normalized spacial score (nSPS) is 10.2. The van der Waals surface area contributed by atoms with Gasteiger partial charge in [0.1, 0.15) is 24.4 Å². The largest absolute Gasteiger partial charge is 0.484 e. The van der Waals surface area contributed by atoms with Crippen LogP contribution in [0.15, 0.2) is 41.0 Å². The zero-order valence-corrected chi connectivity index (χ0v) is 9.48. The molecule has 0 amide bonds. The summed E-state index contributed by atoms with van der Waals surface area (Å²) in [6.07, 6.45) is 1.17. The van der Waals surface area contributed by atoms with E-state index in [1.54, 1.807) is 24.3 Å². The molecule has 0 aliphatic rings. The molecule has 0 fully saturated rings. The van der Waals surface area contributed by atoms with Crippen LogP contribution in [0.3, 0.4) is 0 Å². The van der Waals surface area contributed by atoms with Crippen LogP contribution in [0.25, 0.3) is 0 Å². The van der Waals surface area contributed by atoms with Gasteiger partial charge in [0.05, 0.1) is 10.6 Å². The van der Waals surface area contributed by atoms with Gasteiger partial charge < -0.3 is 14.3 Å². The molecular formula is C12H9ClO4. The molecule has 5 heteroatoms. The molecule has 0 saturated carbocycles. The number of halogens is 1. The van der Waals surface area contributed by atoms with Crippen LogP contribution in [0.5, 0.6) is 5.75 Å². The monoisotopic (exact) mass is 252 g/mol.